The number of para-hydroxylation sites is 1. The Morgan fingerprint density at radius 3 is 2.56 bits per heavy atom. The fourth-order valence-corrected chi connectivity index (χ4v) is 4.51. The average molecular weight is 509 g/mol. The van der Waals surface area contributed by atoms with Gasteiger partial charge in [0.2, 0.25) is 0 Å². The summed E-state index contributed by atoms with van der Waals surface area (Å²) in [6.07, 6.45) is 2.89. The lowest BCUT2D eigenvalue weighted by molar-refractivity contribution is -0.120. The molecule has 1 aliphatic rings. The van der Waals surface area contributed by atoms with Crippen LogP contribution in [0.3, 0.4) is 0 Å². The number of nitriles is 1. The van der Waals surface area contributed by atoms with E-state index in [0.29, 0.717) is 29.5 Å². The van der Waals surface area contributed by atoms with Gasteiger partial charge in [0.1, 0.15) is 17.8 Å². The maximum Gasteiger partial charge on any atom is 0.343 e. The number of rotatable bonds is 9. The third-order valence-corrected chi connectivity index (χ3v) is 6.30. The molecule has 9 heteroatoms. The number of fused-ring (bicyclic) bond motifs is 1. The monoisotopic (exact) mass is 508 g/mol. The van der Waals surface area contributed by atoms with E-state index in [9.17, 15) is 14.7 Å². The number of benzene rings is 2. The maximum absolute atomic E-state index is 13.1. The van der Waals surface area contributed by atoms with Gasteiger partial charge in [-0.05, 0) is 50.0 Å². The number of aromatic hydroxyl groups is 1. The molecule has 1 amide bonds. The van der Waals surface area contributed by atoms with Gasteiger partial charge in [-0.25, -0.2) is 10.2 Å². The van der Waals surface area contributed by atoms with E-state index < -0.39 is 17.5 Å². The van der Waals surface area contributed by atoms with Gasteiger partial charge in [-0.1, -0.05) is 42.5 Å². The fourth-order valence-electron chi connectivity index (χ4n) is 4.51. The smallest absolute Gasteiger partial charge is 0.343 e. The number of hydrazone groups is 1. The molecule has 3 aromatic rings. The first-order chi connectivity index (χ1) is 17.1. The zero-order valence-corrected chi connectivity index (χ0v) is 20.7. The number of nitrogens with one attached hydrogen (secondary N) is 1. The van der Waals surface area contributed by atoms with Crippen molar-refractivity contribution in [3.8, 4) is 11.8 Å². The third kappa shape index (κ3) is 6.51. The van der Waals surface area contributed by atoms with E-state index in [2.05, 4.69) is 15.4 Å². The van der Waals surface area contributed by atoms with Gasteiger partial charge >= 0.3 is 5.63 Å². The predicted octanol–water partition coefficient (Wildman–Crippen LogP) is 4.31. The quantitative estimate of drug-likeness (QED) is 0.252. The van der Waals surface area contributed by atoms with Gasteiger partial charge in [-0.15, -0.1) is 12.4 Å². The molecular formula is C27H29ClN4O4. The van der Waals surface area contributed by atoms with Crippen molar-refractivity contribution in [2.75, 3.05) is 19.6 Å². The molecule has 2 heterocycles. The zero-order chi connectivity index (χ0) is 24.6. The second-order valence-corrected chi connectivity index (χ2v) is 8.66. The largest absolute Gasteiger partial charge is 0.507 e. The summed E-state index contributed by atoms with van der Waals surface area (Å²) in [5.74, 6) is -1.14. The average Bonchev–Trinajstić information content (AvgIpc) is 3.39. The topological polar surface area (TPSA) is 119 Å². The first-order valence-corrected chi connectivity index (χ1v) is 11.8. The molecule has 4 rings (SSSR count). The number of amides is 1. The van der Waals surface area contributed by atoms with Crippen molar-refractivity contribution >= 4 is 35.0 Å². The van der Waals surface area contributed by atoms with Crippen molar-refractivity contribution < 1.29 is 14.3 Å². The van der Waals surface area contributed by atoms with Crippen LogP contribution in [0.4, 0.5) is 0 Å². The summed E-state index contributed by atoms with van der Waals surface area (Å²) in [6, 6.07) is 18.1. The van der Waals surface area contributed by atoms with Gasteiger partial charge in [0.25, 0.3) is 5.91 Å². The number of hydrogen-bond donors (Lipinski definition) is 2. The highest BCUT2D eigenvalue weighted by molar-refractivity contribution is 5.89. The normalized spacial score (nSPS) is 14.7. The standard InChI is InChI=1S/C27H28N4O4.ClH/c28-14-12-24(32)30-29-20(13-17-31-15-6-7-16-31)18-22(19-8-2-1-3-9-19)25-26(33)21-10-4-5-11-23(21)35-27(25)34;/h1-5,8-11,22,33H,6-7,12-13,15-18H2,(H,30,32);1H/b29-20+;. The minimum absolute atomic E-state index is 0. The van der Waals surface area contributed by atoms with E-state index in [1.165, 1.54) is 0 Å². The van der Waals surface area contributed by atoms with Crippen LogP contribution in [0.25, 0.3) is 11.0 Å². The fraction of sp³-hybridized carbons (Fsp3) is 0.333. The molecule has 8 nitrogen and oxygen atoms in total. The Morgan fingerprint density at radius 1 is 1.14 bits per heavy atom. The molecule has 188 valence electrons. The molecule has 0 spiro atoms. The first-order valence-electron chi connectivity index (χ1n) is 11.8. The Kier molecular flexibility index (Phi) is 9.62. The second-order valence-electron chi connectivity index (χ2n) is 8.66. The Morgan fingerprint density at radius 2 is 1.83 bits per heavy atom. The molecule has 1 aromatic heterocycles. The van der Waals surface area contributed by atoms with Gasteiger partial charge in [0.05, 0.1) is 17.0 Å². The molecule has 1 saturated heterocycles. The highest BCUT2D eigenvalue weighted by atomic mass is 35.5. The lowest BCUT2D eigenvalue weighted by Gasteiger charge is -2.21. The summed E-state index contributed by atoms with van der Waals surface area (Å²) in [5, 5.41) is 24.8. The van der Waals surface area contributed by atoms with Crippen molar-refractivity contribution in [2.45, 2.75) is 38.0 Å². The van der Waals surface area contributed by atoms with Crippen LogP contribution in [0.2, 0.25) is 0 Å². The number of halogens is 1. The van der Waals surface area contributed by atoms with E-state index in [0.717, 1.165) is 38.0 Å². The third-order valence-electron chi connectivity index (χ3n) is 6.30. The summed E-state index contributed by atoms with van der Waals surface area (Å²) in [7, 11) is 0. The minimum Gasteiger partial charge on any atom is -0.507 e. The van der Waals surface area contributed by atoms with Crippen molar-refractivity contribution in [1.29, 1.82) is 5.26 Å². The van der Waals surface area contributed by atoms with Crippen molar-refractivity contribution in [3.05, 3.63) is 76.1 Å². The molecule has 1 unspecified atom stereocenters. The lowest BCUT2D eigenvalue weighted by Crippen LogP contribution is -2.26. The summed E-state index contributed by atoms with van der Waals surface area (Å²) in [6.45, 7) is 2.81. The number of likely N-dealkylation sites (tertiary alicyclic amines) is 1. The molecule has 36 heavy (non-hydrogen) atoms. The van der Waals surface area contributed by atoms with Crippen molar-refractivity contribution in [1.82, 2.24) is 10.3 Å². The Labute approximate surface area is 215 Å². The van der Waals surface area contributed by atoms with Crippen LogP contribution in [0.15, 0.2) is 68.9 Å². The van der Waals surface area contributed by atoms with Crippen LogP contribution in [0.1, 0.15) is 49.1 Å². The molecule has 1 fully saturated rings. The predicted molar refractivity (Wildman–Crippen MR) is 140 cm³/mol. The van der Waals surface area contributed by atoms with Crippen LogP contribution < -0.4 is 11.1 Å². The van der Waals surface area contributed by atoms with Gasteiger partial charge in [0, 0.05) is 24.6 Å². The summed E-state index contributed by atoms with van der Waals surface area (Å²) >= 11 is 0. The molecule has 2 aromatic carbocycles. The molecule has 0 aliphatic carbocycles. The van der Waals surface area contributed by atoms with Crippen LogP contribution >= 0.6 is 12.4 Å². The highest BCUT2D eigenvalue weighted by Gasteiger charge is 2.26. The summed E-state index contributed by atoms with van der Waals surface area (Å²) in [5.41, 5.74) is 3.83. The van der Waals surface area contributed by atoms with E-state index in [-0.39, 0.29) is 30.1 Å². The first kappa shape index (κ1) is 26.9. The number of hydrogen-bond acceptors (Lipinski definition) is 7. The Bertz CT molecular complexity index is 1310. The van der Waals surface area contributed by atoms with Crippen LogP contribution in [0.5, 0.6) is 5.75 Å². The molecule has 0 radical (unpaired) electrons. The van der Waals surface area contributed by atoms with Crippen LogP contribution in [-0.2, 0) is 4.79 Å². The van der Waals surface area contributed by atoms with Gasteiger partial charge in [0.15, 0.2) is 0 Å². The van der Waals surface area contributed by atoms with Gasteiger partial charge in [-0.2, -0.15) is 10.4 Å². The molecular weight excluding hydrogens is 480 g/mol. The summed E-state index contributed by atoms with van der Waals surface area (Å²) < 4.78 is 5.56. The zero-order valence-electron chi connectivity index (χ0n) is 19.9. The molecule has 0 saturated carbocycles. The Hall–Kier alpha value is -3.67. The Balaban J connectivity index is 0.00000361. The second kappa shape index (κ2) is 12.9. The number of carbonyl (C=O) groups excluding carboxylic acids is 1. The SMILES string of the molecule is Cl.N#CCC(=O)N/N=C(\CCN1CCCC1)CC(c1ccccc1)c1c(O)c2ccccc2oc1=O. The van der Waals surface area contributed by atoms with E-state index >= 15 is 0 Å². The minimum atomic E-state index is -0.609. The van der Waals surface area contributed by atoms with E-state index in [1.54, 1.807) is 24.3 Å². The lowest BCUT2D eigenvalue weighted by atomic mass is 9.86. The van der Waals surface area contributed by atoms with Crippen LogP contribution in [-0.4, -0.2) is 41.3 Å². The molecule has 0 bridgehead atoms. The van der Waals surface area contributed by atoms with E-state index in [4.69, 9.17) is 9.68 Å². The van der Waals surface area contributed by atoms with Crippen LogP contribution in [0, 0.1) is 11.3 Å². The highest BCUT2D eigenvalue weighted by Crippen LogP contribution is 2.36. The maximum atomic E-state index is 13.1. The van der Waals surface area contributed by atoms with Gasteiger partial charge in [-0.3, -0.25) is 4.79 Å². The van der Waals surface area contributed by atoms with E-state index in [1.807, 2.05) is 36.4 Å². The number of nitrogens with zero attached hydrogens (tertiary/aromatic N) is 3. The molecule has 1 atom stereocenters. The van der Waals surface area contributed by atoms with Gasteiger partial charge < -0.3 is 14.4 Å². The summed E-state index contributed by atoms with van der Waals surface area (Å²) in [4.78, 5) is 27.4. The molecule has 2 N–H and O–H groups in total. The van der Waals surface area contributed by atoms with Crippen molar-refractivity contribution in [2.24, 2.45) is 5.10 Å². The molecule has 1 aliphatic heterocycles. The number of carbonyl (C=O) groups is 1. The van der Waals surface area contributed by atoms with Crippen molar-refractivity contribution in [3.63, 3.8) is 0 Å².